The van der Waals surface area contributed by atoms with Gasteiger partial charge in [-0.2, -0.15) is 16.8 Å². The second-order valence-corrected chi connectivity index (χ2v) is 21.6. The lowest BCUT2D eigenvalue weighted by molar-refractivity contribution is 0.0624. The number of amides is 2. The Balaban J connectivity index is 1.80. The Hall–Kier alpha value is -5.65. The molecule has 2 unspecified atom stereocenters. The molecule has 328 valence electrons. The minimum atomic E-state index is -4.27. The molecule has 61 heavy (non-hydrogen) atoms. The Morgan fingerprint density at radius 3 is 1.18 bits per heavy atom. The van der Waals surface area contributed by atoms with Crippen molar-refractivity contribution in [2.75, 3.05) is 23.1 Å². The lowest BCUT2D eigenvalue weighted by Gasteiger charge is -2.22. The second-order valence-electron chi connectivity index (χ2n) is 16.1. The van der Waals surface area contributed by atoms with E-state index in [0.717, 1.165) is 12.5 Å². The summed E-state index contributed by atoms with van der Waals surface area (Å²) in [6.45, 7) is 10.4. The monoisotopic (exact) mass is 896 g/mol. The van der Waals surface area contributed by atoms with Gasteiger partial charge in [-0.1, -0.05) is 85.0 Å². The zero-order valence-corrected chi connectivity index (χ0v) is 37.7. The molecule has 0 aromatic heterocycles. The van der Waals surface area contributed by atoms with Crippen LogP contribution in [0.4, 0.5) is 21.0 Å². The standard InChI is InChI=1S/C44H52N2O12S3/c1-43(2,3)55-41(47)45-35-23-17-31(18-24-35)29-37(27-21-33-13-9-11-15-39(33)57-59(7,49)50)61(53,54)38(28-22-34-14-10-12-16-40(34)58-60(8,51)52)30-32-19-25-36(26-20-32)46-42(48)56-44(4,5)6/h9-28,37-38H,29-30H2,1-8H3,(H,45,47)(H,46,48)/b27-21+,28-22+. The van der Waals surface area contributed by atoms with E-state index in [1.165, 1.54) is 36.4 Å². The summed E-state index contributed by atoms with van der Waals surface area (Å²) in [4.78, 5) is 24.8. The number of nitrogens with one attached hydrogen (secondary N) is 2. The van der Waals surface area contributed by atoms with Gasteiger partial charge in [0.1, 0.15) is 22.7 Å². The van der Waals surface area contributed by atoms with Gasteiger partial charge >= 0.3 is 32.4 Å². The average molecular weight is 897 g/mol. The third-order valence-corrected chi connectivity index (χ3v) is 11.5. The maximum atomic E-state index is 15.1. The van der Waals surface area contributed by atoms with E-state index in [0.29, 0.717) is 33.6 Å². The van der Waals surface area contributed by atoms with Crippen LogP contribution >= 0.6 is 0 Å². The van der Waals surface area contributed by atoms with Crippen molar-refractivity contribution in [2.45, 2.75) is 76.1 Å². The number of carbonyl (C=O) groups excluding carboxylic acids is 2. The van der Waals surface area contributed by atoms with Gasteiger partial charge in [0.05, 0.1) is 23.0 Å². The van der Waals surface area contributed by atoms with Crippen molar-refractivity contribution >= 4 is 65.8 Å². The van der Waals surface area contributed by atoms with Crippen LogP contribution in [0.1, 0.15) is 63.8 Å². The normalized spacial score (nSPS) is 13.6. The summed E-state index contributed by atoms with van der Waals surface area (Å²) in [7, 11) is -12.1. The molecular formula is C44H52N2O12S3. The summed E-state index contributed by atoms with van der Waals surface area (Å²) < 4.78 is 99.6. The van der Waals surface area contributed by atoms with Crippen LogP contribution < -0.4 is 19.0 Å². The molecule has 17 heteroatoms. The maximum Gasteiger partial charge on any atom is 0.412 e. The van der Waals surface area contributed by atoms with Gasteiger partial charge in [-0.3, -0.25) is 10.6 Å². The Morgan fingerprint density at radius 1 is 0.541 bits per heavy atom. The third kappa shape index (κ3) is 16.7. The van der Waals surface area contributed by atoms with Gasteiger partial charge in [0, 0.05) is 22.5 Å². The van der Waals surface area contributed by atoms with Gasteiger partial charge in [0.25, 0.3) is 0 Å². The zero-order valence-electron chi connectivity index (χ0n) is 35.2. The van der Waals surface area contributed by atoms with Crippen molar-refractivity contribution in [2.24, 2.45) is 0 Å². The fraction of sp³-hybridized carbons (Fsp3) is 0.318. The molecule has 0 fully saturated rings. The van der Waals surface area contributed by atoms with Crippen LogP contribution in [0.25, 0.3) is 12.2 Å². The molecular weight excluding hydrogens is 845 g/mol. The molecule has 0 saturated heterocycles. The molecule has 2 atom stereocenters. The van der Waals surface area contributed by atoms with Crippen LogP contribution in [0.5, 0.6) is 11.5 Å². The van der Waals surface area contributed by atoms with Gasteiger partial charge in [0.15, 0.2) is 9.84 Å². The summed E-state index contributed by atoms with van der Waals surface area (Å²) in [6, 6.07) is 25.7. The number of hydrogen-bond donors (Lipinski definition) is 2. The zero-order chi connectivity index (χ0) is 45.2. The second kappa shape index (κ2) is 19.8. The molecule has 4 aromatic carbocycles. The number of anilines is 2. The number of carbonyl (C=O) groups is 2. The van der Waals surface area contributed by atoms with Crippen molar-refractivity contribution < 1.29 is 52.7 Å². The van der Waals surface area contributed by atoms with Crippen LogP contribution in [0.3, 0.4) is 0 Å². The molecule has 0 radical (unpaired) electrons. The Kier molecular flexibility index (Phi) is 15.6. The summed E-state index contributed by atoms with van der Waals surface area (Å²) in [6.07, 6.45) is 6.24. The molecule has 4 rings (SSSR count). The van der Waals surface area contributed by atoms with Crippen LogP contribution in [-0.4, -0.2) is 71.7 Å². The highest BCUT2D eigenvalue weighted by Crippen LogP contribution is 2.28. The molecule has 4 aromatic rings. The lowest BCUT2D eigenvalue weighted by atomic mass is 10.1. The van der Waals surface area contributed by atoms with Gasteiger partial charge in [0.2, 0.25) is 0 Å². The number of sulfone groups is 1. The largest absolute Gasteiger partial charge is 0.444 e. The lowest BCUT2D eigenvalue weighted by Crippen LogP contribution is -2.33. The Morgan fingerprint density at radius 2 is 0.869 bits per heavy atom. The molecule has 0 saturated carbocycles. The van der Waals surface area contributed by atoms with Crippen LogP contribution in [0.15, 0.2) is 109 Å². The molecule has 0 spiro atoms. The van der Waals surface area contributed by atoms with Crippen LogP contribution in [0, 0.1) is 0 Å². The maximum absolute atomic E-state index is 15.1. The average Bonchev–Trinajstić information content (AvgIpc) is 3.11. The van der Waals surface area contributed by atoms with Gasteiger partial charge in [-0.15, -0.1) is 0 Å². The Labute approximate surface area is 359 Å². The van der Waals surface area contributed by atoms with E-state index < -0.39 is 64.0 Å². The van der Waals surface area contributed by atoms with E-state index >= 15 is 8.42 Å². The smallest absolute Gasteiger partial charge is 0.412 e. The van der Waals surface area contributed by atoms with E-state index in [4.69, 9.17) is 17.8 Å². The SMILES string of the molecule is CC(C)(C)OC(=O)Nc1ccc(CC(/C=C/c2ccccc2OS(C)(=O)=O)S(=O)(=O)C(/C=C/c2ccccc2OS(C)(=O)=O)Cc2ccc(NC(=O)OC(C)(C)C)cc2)cc1. The number of para-hydroxylation sites is 2. The first-order chi connectivity index (χ1) is 28.2. The van der Waals surface area contributed by atoms with Crippen molar-refractivity contribution in [3.63, 3.8) is 0 Å². The van der Waals surface area contributed by atoms with Gasteiger partial charge in [-0.25, -0.2) is 18.0 Å². The predicted molar refractivity (Wildman–Crippen MR) is 238 cm³/mol. The first-order valence-corrected chi connectivity index (χ1v) is 24.2. The molecule has 0 bridgehead atoms. The highest BCUT2D eigenvalue weighted by Gasteiger charge is 2.32. The minimum absolute atomic E-state index is 0.00558. The fourth-order valence-corrected chi connectivity index (χ4v) is 8.55. The number of benzene rings is 4. The van der Waals surface area contributed by atoms with E-state index in [1.54, 1.807) is 126 Å². The number of hydrogen-bond acceptors (Lipinski definition) is 12. The van der Waals surface area contributed by atoms with Gasteiger partial charge in [-0.05, 0) is 102 Å². The van der Waals surface area contributed by atoms with Crippen LogP contribution in [-0.2, 0) is 52.4 Å². The first-order valence-electron chi connectivity index (χ1n) is 19.0. The van der Waals surface area contributed by atoms with Crippen molar-refractivity contribution in [1.29, 1.82) is 0 Å². The highest BCUT2D eigenvalue weighted by atomic mass is 32.2. The minimum Gasteiger partial charge on any atom is -0.444 e. The summed E-state index contributed by atoms with van der Waals surface area (Å²) in [5.74, 6) is -0.0112. The number of ether oxygens (including phenoxy) is 2. The summed E-state index contributed by atoms with van der Waals surface area (Å²) in [5.41, 5.74) is 1.15. The summed E-state index contributed by atoms with van der Waals surface area (Å²) in [5, 5.41) is 2.83. The Bertz CT molecular complexity index is 2380. The van der Waals surface area contributed by atoms with E-state index in [9.17, 15) is 26.4 Å². The molecule has 0 aliphatic heterocycles. The quantitative estimate of drug-likeness (QED) is 0.102. The van der Waals surface area contributed by atoms with E-state index in [-0.39, 0.29) is 24.3 Å². The molecule has 2 N–H and O–H groups in total. The highest BCUT2D eigenvalue weighted by molar-refractivity contribution is 7.93. The first kappa shape index (κ1) is 48.0. The predicted octanol–water partition coefficient (Wildman–Crippen LogP) is 8.42. The topological polar surface area (TPSA) is 198 Å². The fourth-order valence-electron chi connectivity index (χ4n) is 5.70. The third-order valence-electron chi connectivity index (χ3n) is 8.22. The molecule has 0 aliphatic carbocycles. The van der Waals surface area contributed by atoms with Crippen LogP contribution in [0.2, 0.25) is 0 Å². The molecule has 0 heterocycles. The number of rotatable bonds is 16. The van der Waals surface area contributed by atoms with Crippen molar-refractivity contribution in [3.05, 3.63) is 131 Å². The van der Waals surface area contributed by atoms with E-state index in [1.807, 2.05) is 0 Å². The summed E-state index contributed by atoms with van der Waals surface area (Å²) >= 11 is 0. The van der Waals surface area contributed by atoms with Crippen molar-refractivity contribution in [1.82, 2.24) is 0 Å². The molecule has 0 aliphatic rings. The van der Waals surface area contributed by atoms with E-state index in [2.05, 4.69) is 10.6 Å². The van der Waals surface area contributed by atoms with Crippen molar-refractivity contribution in [3.8, 4) is 11.5 Å². The molecule has 14 nitrogen and oxygen atoms in total. The molecule has 2 amide bonds. The van der Waals surface area contributed by atoms with Gasteiger partial charge < -0.3 is 17.8 Å².